The summed E-state index contributed by atoms with van der Waals surface area (Å²) < 4.78 is 1.64. The van der Waals surface area contributed by atoms with Crippen LogP contribution in [0.2, 0.25) is 5.02 Å². The average Bonchev–Trinajstić information content (AvgIpc) is 2.59. The first-order valence-corrected chi connectivity index (χ1v) is 4.86. The molecule has 78 valence electrons. The van der Waals surface area contributed by atoms with E-state index < -0.39 is 0 Å². The van der Waals surface area contributed by atoms with Gasteiger partial charge in [0, 0.05) is 24.2 Å². The van der Waals surface area contributed by atoms with E-state index in [-0.39, 0.29) is 6.61 Å². The molecule has 0 unspecified atom stereocenters. The standard InChI is InChI=1S/C10H10ClN3O/c1-7-9(11)5-14(13-7)10-2-3-12-4-8(10)6-15/h2-5,15H,6H2,1H3. The van der Waals surface area contributed by atoms with E-state index in [1.54, 1.807) is 29.3 Å². The predicted octanol–water partition coefficient (Wildman–Crippen LogP) is 1.72. The van der Waals surface area contributed by atoms with E-state index in [0.29, 0.717) is 5.02 Å². The van der Waals surface area contributed by atoms with E-state index in [0.717, 1.165) is 16.9 Å². The molecule has 0 saturated heterocycles. The third-order valence-electron chi connectivity index (χ3n) is 2.13. The lowest BCUT2D eigenvalue weighted by molar-refractivity contribution is 0.281. The molecule has 0 amide bonds. The van der Waals surface area contributed by atoms with Crippen LogP contribution in [0.4, 0.5) is 0 Å². The molecule has 1 N–H and O–H groups in total. The first-order valence-electron chi connectivity index (χ1n) is 4.48. The highest BCUT2D eigenvalue weighted by Gasteiger charge is 2.07. The van der Waals surface area contributed by atoms with Gasteiger partial charge in [0.2, 0.25) is 0 Å². The van der Waals surface area contributed by atoms with Crippen LogP contribution in [-0.2, 0) is 6.61 Å². The Morgan fingerprint density at radius 1 is 1.53 bits per heavy atom. The predicted molar refractivity (Wildman–Crippen MR) is 57.0 cm³/mol. The summed E-state index contributed by atoms with van der Waals surface area (Å²) in [4.78, 5) is 3.94. The van der Waals surface area contributed by atoms with Gasteiger partial charge < -0.3 is 5.11 Å². The van der Waals surface area contributed by atoms with E-state index in [4.69, 9.17) is 16.7 Å². The van der Waals surface area contributed by atoms with Gasteiger partial charge in [0.05, 0.1) is 23.0 Å². The molecule has 0 saturated carbocycles. The van der Waals surface area contributed by atoms with Crippen LogP contribution in [-0.4, -0.2) is 19.9 Å². The van der Waals surface area contributed by atoms with Gasteiger partial charge in [0.1, 0.15) is 0 Å². The van der Waals surface area contributed by atoms with Crippen LogP contribution >= 0.6 is 11.6 Å². The zero-order chi connectivity index (χ0) is 10.8. The molecule has 2 aromatic rings. The lowest BCUT2D eigenvalue weighted by Gasteiger charge is -2.05. The second kappa shape index (κ2) is 4.00. The summed E-state index contributed by atoms with van der Waals surface area (Å²) in [5.41, 5.74) is 2.27. The number of aromatic nitrogens is 3. The average molecular weight is 224 g/mol. The summed E-state index contributed by atoms with van der Waals surface area (Å²) in [7, 11) is 0. The highest BCUT2D eigenvalue weighted by atomic mass is 35.5. The molecule has 0 radical (unpaired) electrons. The highest BCUT2D eigenvalue weighted by molar-refractivity contribution is 6.31. The fraction of sp³-hybridized carbons (Fsp3) is 0.200. The lowest BCUT2D eigenvalue weighted by Crippen LogP contribution is -2.01. The van der Waals surface area contributed by atoms with Crippen molar-refractivity contribution in [3.63, 3.8) is 0 Å². The molecule has 2 heterocycles. The van der Waals surface area contributed by atoms with Crippen molar-refractivity contribution in [3.8, 4) is 5.69 Å². The SMILES string of the molecule is Cc1nn(-c2ccncc2CO)cc1Cl. The summed E-state index contributed by atoms with van der Waals surface area (Å²) in [5.74, 6) is 0. The van der Waals surface area contributed by atoms with Crippen LogP contribution in [0, 0.1) is 6.92 Å². The molecule has 0 aliphatic heterocycles. The fourth-order valence-corrected chi connectivity index (χ4v) is 1.46. The monoisotopic (exact) mass is 223 g/mol. The van der Waals surface area contributed by atoms with Crippen molar-refractivity contribution in [2.75, 3.05) is 0 Å². The molecule has 0 aliphatic carbocycles. The molecule has 0 spiro atoms. The van der Waals surface area contributed by atoms with Crippen LogP contribution in [0.3, 0.4) is 0 Å². The van der Waals surface area contributed by atoms with Gasteiger partial charge in [0.15, 0.2) is 0 Å². The first kappa shape index (κ1) is 10.1. The van der Waals surface area contributed by atoms with Gasteiger partial charge in [-0.3, -0.25) is 4.98 Å². The number of halogens is 1. The third kappa shape index (κ3) is 1.86. The Bertz CT molecular complexity index is 462. The van der Waals surface area contributed by atoms with E-state index in [1.807, 2.05) is 6.92 Å². The zero-order valence-corrected chi connectivity index (χ0v) is 8.94. The minimum Gasteiger partial charge on any atom is -0.392 e. The van der Waals surface area contributed by atoms with E-state index in [2.05, 4.69) is 10.1 Å². The van der Waals surface area contributed by atoms with Gasteiger partial charge in [-0.25, -0.2) is 4.68 Å². The number of aliphatic hydroxyl groups excluding tert-OH is 1. The minimum atomic E-state index is -0.0697. The van der Waals surface area contributed by atoms with Crippen LogP contribution in [0.15, 0.2) is 24.7 Å². The largest absolute Gasteiger partial charge is 0.392 e. The number of nitrogens with zero attached hydrogens (tertiary/aromatic N) is 3. The molecular formula is C10H10ClN3O. The number of rotatable bonds is 2. The van der Waals surface area contributed by atoms with Crippen molar-refractivity contribution in [2.45, 2.75) is 13.5 Å². The van der Waals surface area contributed by atoms with E-state index in [9.17, 15) is 0 Å². The number of hydrogen-bond acceptors (Lipinski definition) is 3. The Morgan fingerprint density at radius 2 is 2.33 bits per heavy atom. The van der Waals surface area contributed by atoms with Gasteiger partial charge >= 0.3 is 0 Å². The van der Waals surface area contributed by atoms with Gasteiger partial charge in [0.25, 0.3) is 0 Å². The maximum absolute atomic E-state index is 9.14. The van der Waals surface area contributed by atoms with E-state index >= 15 is 0 Å². The quantitative estimate of drug-likeness (QED) is 0.844. The summed E-state index contributed by atoms with van der Waals surface area (Å²) in [6, 6.07) is 1.79. The maximum atomic E-state index is 9.14. The van der Waals surface area contributed by atoms with Gasteiger partial charge in [-0.05, 0) is 13.0 Å². The minimum absolute atomic E-state index is 0.0697. The van der Waals surface area contributed by atoms with Gasteiger partial charge in [-0.1, -0.05) is 11.6 Å². The Labute approximate surface area is 92.1 Å². The van der Waals surface area contributed by atoms with Gasteiger partial charge in [-0.15, -0.1) is 0 Å². The number of pyridine rings is 1. The molecule has 0 fully saturated rings. The molecule has 2 rings (SSSR count). The molecule has 5 heteroatoms. The fourth-order valence-electron chi connectivity index (χ4n) is 1.33. The van der Waals surface area contributed by atoms with Crippen molar-refractivity contribution in [1.29, 1.82) is 0 Å². The molecule has 0 aliphatic rings. The Balaban J connectivity index is 2.53. The van der Waals surface area contributed by atoms with Crippen LogP contribution < -0.4 is 0 Å². The van der Waals surface area contributed by atoms with Crippen LogP contribution in [0.1, 0.15) is 11.3 Å². The normalized spacial score (nSPS) is 10.6. The third-order valence-corrected chi connectivity index (χ3v) is 2.51. The van der Waals surface area contributed by atoms with E-state index in [1.165, 1.54) is 0 Å². The van der Waals surface area contributed by atoms with Crippen molar-refractivity contribution < 1.29 is 5.11 Å². The summed E-state index contributed by atoms with van der Waals surface area (Å²) in [6.07, 6.45) is 4.98. The first-order chi connectivity index (χ1) is 7.22. The van der Waals surface area contributed by atoms with Gasteiger partial charge in [-0.2, -0.15) is 5.10 Å². The zero-order valence-electron chi connectivity index (χ0n) is 8.18. The number of hydrogen-bond donors (Lipinski definition) is 1. The Hall–Kier alpha value is -1.39. The second-order valence-corrected chi connectivity index (χ2v) is 3.58. The Morgan fingerprint density at radius 3 is 2.93 bits per heavy atom. The Kier molecular flexibility index (Phi) is 2.70. The van der Waals surface area contributed by atoms with Crippen molar-refractivity contribution in [1.82, 2.24) is 14.8 Å². The smallest absolute Gasteiger partial charge is 0.0819 e. The summed E-state index contributed by atoms with van der Waals surface area (Å²) in [6.45, 7) is 1.76. The molecule has 15 heavy (non-hydrogen) atoms. The molecule has 0 atom stereocenters. The maximum Gasteiger partial charge on any atom is 0.0819 e. The van der Waals surface area contributed by atoms with Crippen molar-refractivity contribution in [3.05, 3.63) is 40.9 Å². The lowest BCUT2D eigenvalue weighted by atomic mass is 10.2. The van der Waals surface area contributed by atoms with Crippen LogP contribution in [0.5, 0.6) is 0 Å². The number of aliphatic hydroxyl groups is 1. The second-order valence-electron chi connectivity index (χ2n) is 3.17. The highest BCUT2D eigenvalue weighted by Crippen LogP contribution is 2.18. The molecule has 4 nitrogen and oxygen atoms in total. The summed E-state index contributed by atoms with van der Waals surface area (Å²) in [5, 5.41) is 14.0. The summed E-state index contributed by atoms with van der Waals surface area (Å²) >= 11 is 5.91. The van der Waals surface area contributed by atoms with Crippen molar-refractivity contribution >= 4 is 11.6 Å². The van der Waals surface area contributed by atoms with Crippen molar-refractivity contribution in [2.24, 2.45) is 0 Å². The molecule has 0 bridgehead atoms. The number of aryl methyl sites for hydroxylation is 1. The molecule has 2 aromatic heterocycles. The molecule has 0 aromatic carbocycles. The molecular weight excluding hydrogens is 214 g/mol. The van der Waals surface area contributed by atoms with Crippen LogP contribution in [0.25, 0.3) is 5.69 Å². The topological polar surface area (TPSA) is 50.9 Å².